The predicted molar refractivity (Wildman–Crippen MR) is 93.3 cm³/mol. The number of aliphatic hydroxyl groups is 1. The Morgan fingerprint density at radius 2 is 1.71 bits per heavy atom. The van der Waals surface area contributed by atoms with Crippen molar-refractivity contribution in [3.8, 4) is 5.75 Å². The second-order valence-corrected chi connectivity index (χ2v) is 5.97. The summed E-state index contributed by atoms with van der Waals surface area (Å²) in [7, 11) is 0. The highest BCUT2D eigenvalue weighted by atomic mass is 16.5. The van der Waals surface area contributed by atoms with Gasteiger partial charge in [0, 0.05) is 0 Å². The molecule has 4 heteroatoms. The Hall–Kier alpha value is -2.59. The molecule has 1 aliphatic rings. The Labute approximate surface area is 142 Å². The Balaban J connectivity index is 1.85. The monoisotopic (exact) mass is 323 g/mol. The van der Waals surface area contributed by atoms with Crippen molar-refractivity contribution in [3.63, 3.8) is 0 Å². The standard InChI is InChI=1S/C20H21NO3/c1-14(13-16-9-5-3-6-10-16)18-19(20(23)21(18)15(2)22)24-17-11-7-4-8-12-17/h3-13,15,18-19,22H,1-2H3/b14-13+/t15?,18-,19+/m1/s1. The highest BCUT2D eigenvalue weighted by Crippen LogP contribution is 2.32. The molecular weight excluding hydrogens is 302 g/mol. The van der Waals surface area contributed by atoms with Crippen molar-refractivity contribution < 1.29 is 14.6 Å². The summed E-state index contributed by atoms with van der Waals surface area (Å²) in [5, 5.41) is 9.93. The molecular formula is C20H21NO3. The third-order valence-electron chi connectivity index (χ3n) is 4.15. The van der Waals surface area contributed by atoms with Crippen LogP contribution >= 0.6 is 0 Å². The minimum atomic E-state index is -0.850. The maximum absolute atomic E-state index is 12.4. The quantitative estimate of drug-likeness (QED) is 0.860. The van der Waals surface area contributed by atoms with Gasteiger partial charge in [-0.15, -0.1) is 0 Å². The van der Waals surface area contributed by atoms with E-state index in [1.807, 2.05) is 73.7 Å². The molecule has 2 aromatic carbocycles. The zero-order valence-corrected chi connectivity index (χ0v) is 13.8. The van der Waals surface area contributed by atoms with E-state index in [2.05, 4.69) is 0 Å². The van der Waals surface area contributed by atoms with E-state index in [-0.39, 0.29) is 11.9 Å². The number of benzene rings is 2. The summed E-state index contributed by atoms with van der Waals surface area (Å²) in [5.74, 6) is 0.457. The van der Waals surface area contributed by atoms with E-state index in [0.717, 1.165) is 11.1 Å². The molecule has 1 heterocycles. The molecule has 124 valence electrons. The maximum Gasteiger partial charge on any atom is 0.268 e. The number of para-hydroxylation sites is 1. The van der Waals surface area contributed by atoms with Gasteiger partial charge in [0.2, 0.25) is 6.10 Å². The molecule has 0 saturated carbocycles. The zero-order valence-electron chi connectivity index (χ0n) is 13.8. The molecule has 1 amide bonds. The van der Waals surface area contributed by atoms with Crippen molar-refractivity contribution in [2.45, 2.75) is 32.2 Å². The van der Waals surface area contributed by atoms with Crippen LogP contribution in [0.1, 0.15) is 19.4 Å². The normalized spacial score (nSPS) is 22.0. The van der Waals surface area contributed by atoms with E-state index < -0.39 is 12.3 Å². The average Bonchev–Trinajstić information content (AvgIpc) is 2.58. The summed E-state index contributed by atoms with van der Waals surface area (Å²) in [6.07, 6.45) is 0.563. The lowest BCUT2D eigenvalue weighted by molar-refractivity contribution is -0.176. The number of amides is 1. The number of nitrogens with zero attached hydrogens (tertiary/aromatic N) is 1. The number of carbonyl (C=O) groups is 1. The van der Waals surface area contributed by atoms with Crippen molar-refractivity contribution in [1.29, 1.82) is 0 Å². The van der Waals surface area contributed by atoms with Crippen molar-refractivity contribution in [2.24, 2.45) is 0 Å². The van der Waals surface area contributed by atoms with E-state index >= 15 is 0 Å². The number of hydrogen-bond donors (Lipinski definition) is 1. The van der Waals surface area contributed by atoms with Gasteiger partial charge >= 0.3 is 0 Å². The first kappa shape index (κ1) is 16.3. The molecule has 4 nitrogen and oxygen atoms in total. The van der Waals surface area contributed by atoms with Gasteiger partial charge < -0.3 is 14.7 Å². The number of aliphatic hydroxyl groups excluding tert-OH is 1. The number of likely N-dealkylation sites (tertiary alicyclic amines) is 1. The second-order valence-electron chi connectivity index (χ2n) is 5.97. The van der Waals surface area contributed by atoms with E-state index in [9.17, 15) is 9.90 Å². The fourth-order valence-electron chi connectivity index (χ4n) is 3.02. The number of carbonyl (C=O) groups excluding carboxylic acids is 1. The number of hydrogen-bond acceptors (Lipinski definition) is 3. The molecule has 24 heavy (non-hydrogen) atoms. The molecule has 0 aromatic heterocycles. The Morgan fingerprint density at radius 3 is 2.29 bits per heavy atom. The fraction of sp³-hybridized carbons (Fsp3) is 0.250. The summed E-state index contributed by atoms with van der Waals surface area (Å²) < 4.78 is 5.87. The molecule has 2 aromatic rings. The molecule has 1 saturated heterocycles. The SMILES string of the molecule is C/C(=C\c1ccccc1)[C@@H]1[C@H](Oc2ccccc2)C(=O)N1C(C)O. The van der Waals surface area contributed by atoms with Gasteiger partial charge in [-0.1, -0.05) is 54.6 Å². The molecule has 1 fully saturated rings. The largest absolute Gasteiger partial charge is 0.478 e. The Bertz CT molecular complexity index is 725. The lowest BCUT2D eigenvalue weighted by Crippen LogP contribution is -2.69. The van der Waals surface area contributed by atoms with Gasteiger partial charge in [0.25, 0.3) is 5.91 Å². The molecule has 0 bridgehead atoms. The fourth-order valence-corrected chi connectivity index (χ4v) is 3.02. The third-order valence-corrected chi connectivity index (χ3v) is 4.15. The van der Waals surface area contributed by atoms with Gasteiger partial charge in [0.15, 0.2) is 0 Å². The predicted octanol–water partition coefficient (Wildman–Crippen LogP) is 3.09. The molecule has 1 unspecified atom stereocenters. The van der Waals surface area contributed by atoms with Crippen LogP contribution in [-0.2, 0) is 4.79 Å². The van der Waals surface area contributed by atoms with Gasteiger partial charge in [-0.05, 0) is 37.1 Å². The summed E-state index contributed by atoms with van der Waals surface area (Å²) in [5.41, 5.74) is 2.03. The smallest absolute Gasteiger partial charge is 0.268 e. The number of ether oxygens (including phenoxy) is 1. The van der Waals surface area contributed by atoms with Gasteiger partial charge in [0.05, 0.1) is 0 Å². The van der Waals surface area contributed by atoms with Crippen LogP contribution in [0.15, 0.2) is 66.2 Å². The molecule has 0 aliphatic carbocycles. The van der Waals surface area contributed by atoms with Crippen molar-refractivity contribution >= 4 is 12.0 Å². The molecule has 0 spiro atoms. The molecule has 1 N–H and O–H groups in total. The summed E-state index contributed by atoms with van der Waals surface area (Å²) in [4.78, 5) is 13.8. The minimum absolute atomic E-state index is 0.195. The van der Waals surface area contributed by atoms with Crippen LogP contribution in [0.4, 0.5) is 0 Å². The lowest BCUT2D eigenvalue weighted by Gasteiger charge is -2.48. The first-order valence-corrected chi connectivity index (χ1v) is 8.03. The molecule has 3 rings (SSSR count). The van der Waals surface area contributed by atoms with Gasteiger partial charge in [-0.3, -0.25) is 4.79 Å². The van der Waals surface area contributed by atoms with Crippen LogP contribution < -0.4 is 4.74 Å². The van der Waals surface area contributed by atoms with Crippen molar-refractivity contribution in [3.05, 3.63) is 71.8 Å². The highest BCUT2D eigenvalue weighted by Gasteiger charge is 2.51. The van der Waals surface area contributed by atoms with E-state index in [1.54, 1.807) is 6.92 Å². The first-order chi connectivity index (χ1) is 11.6. The van der Waals surface area contributed by atoms with Crippen LogP contribution in [0, 0.1) is 0 Å². The lowest BCUT2D eigenvalue weighted by atomic mass is 9.89. The van der Waals surface area contributed by atoms with Crippen LogP contribution in [0.3, 0.4) is 0 Å². The Morgan fingerprint density at radius 1 is 1.12 bits per heavy atom. The zero-order chi connectivity index (χ0) is 17.1. The topological polar surface area (TPSA) is 49.8 Å². The van der Waals surface area contributed by atoms with Crippen molar-refractivity contribution in [1.82, 2.24) is 4.90 Å². The first-order valence-electron chi connectivity index (χ1n) is 8.03. The summed E-state index contributed by atoms with van der Waals surface area (Å²) in [6, 6.07) is 18.9. The second kappa shape index (κ2) is 6.89. The van der Waals surface area contributed by atoms with E-state index in [1.165, 1.54) is 4.90 Å². The van der Waals surface area contributed by atoms with Gasteiger partial charge in [-0.25, -0.2) is 0 Å². The third kappa shape index (κ3) is 3.19. The number of β-lactam (4-membered cyclic amide) rings is 1. The van der Waals surface area contributed by atoms with Crippen LogP contribution in [0.5, 0.6) is 5.75 Å². The van der Waals surface area contributed by atoms with Crippen LogP contribution in [0.2, 0.25) is 0 Å². The number of rotatable bonds is 5. The Kier molecular flexibility index (Phi) is 4.67. The summed E-state index contributed by atoms with van der Waals surface area (Å²) in [6.45, 7) is 3.56. The highest BCUT2D eigenvalue weighted by molar-refractivity contribution is 5.90. The average molecular weight is 323 g/mol. The van der Waals surface area contributed by atoms with E-state index in [0.29, 0.717) is 5.75 Å². The van der Waals surface area contributed by atoms with Gasteiger partial charge in [-0.2, -0.15) is 0 Å². The molecule has 0 radical (unpaired) electrons. The van der Waals surface area contributed by atoms with Crippen LogP contribution in [-0.4, -0.2) is 34.3 Å². The van der Waals surface area contributed by atoms with Gasteiger partial charge in [0.1, 0.15) is 18.0 Å². The van der Waals surface area contributed by atoms with Crippen LogP contribution in [0.25, 0.3) is 6.08 Å². The van der Waals surface area contributed by atoms with Crippen molar-refractivity contribution in [2.75, 3.05) is 0 Å². The maximum atomic E-state index is 12.4. The molecule has 1 aliphatic heterocycles. The summed E-state index contributed by atoms with van der Waals surface area (Å²) >= 11 is 0. The molecule has 3 atom stereocenters. The van der Waals surface area contributed by atoms with E-state index in [4.69, 9.17) is 4.74 Å². The minimum Gasteiger partial charge on any atom is -0.478 e.